The fourth-order valence-corrected chi connectivity index (χ4v) is 6.88. The van der Waals surface area contributed by atoms with Crippen LogP contribution < -0.4 is 4.90 Å². The van der Waals surface area contributed by atoms with Crippen LogP contribution >= 0.6 is 34.5 Å². The van der Waals surface area contributed by atoms with Crippen LogP contribution in [0.2, 0.25) is 10.0 Å². The number of carbonyl (C=O) groups is 3. The Morgan fingerprint density at radius 3 is 2.50 bits per heavy atom. The number of thiophene rings is 1. The first-order chi connectivity index (χ1) is 17.1. The molecule has 2 aromatic carbocycles. The topological polar surface area (TPSA) is 101 Å². The van der Waals surface area contributed by atoms with E-state index < -0.39 is 33.8 Å². The molecular weight excluding hydrogens is 547 g/mol. The fourth-order valence-electron chi connectivity index (χ4n) is 3.79. The summed E-state index contributed by atoms with van der Waals surface area (Å²) in [7, 11) is -4.34. The standard InChI is InChI=1S/C24H20Cl2N2O6S2/c1-2-34-24(31)15-5-8-17(9-6-15)28-22(29)13-20(23(28)30)27(14-18-4-3-11-35-18)36(32,33)21-12-16(25)7-10-19(21)26/h3-12,20H,2,13-14H2,1H3. The summed E-state index contributed by atoms with van der Waals surface area (Å²) in [6, 6.07) is 12.0. The zero-order valence-corrected chi connectivity index (χ0v) is 22.0. The van der Waals surface area contributed by atoms with Crippen molar-refractivity contribution in [2.75, 3.05) is 11.5 Å². The van der Waals surface area contributed by atoms with Crippen molar-refractivity contribution < 1.29 is 27.5 Å². The van der Waals surface area contributed by atoms with Gasteiger partial charge >= 0.3 is 5.97 Å². The first-order valence-corrected chi connectivity index (χ1v) is 13.8. The number of imide groups is 1. The third-order valence-electron chi connectivity index (χ3n) is 5.48. The van der Waals surface area contributed by atoms with Crippen molar-refractivity contribution >= 4 is 68.0 Å². The minimum Gasteiger partial charge on any atom is -0.462 e. The first-order valence-electron chi connectivity index (χ1n) is 10.8. The molecule has 3 aromatic rings. The molecular formula is C24H20Cl2N2O6S2. The molecule has 0 aliphatic carbocycles. The molecule has 1 saturated heterocycles. The van der Waals surface area contributed by atoms with Crippen LogP contribution in [0.15, 0.2) is 64.9 Å². The highest BCUT2D eigenvalue weighted by atomic mass is 35.5. The van der Waals surface area contributed by atoms with Crippen LogP contribution in [-0.4, -0.2) is 43.2 Å². The third-order valence-corrected chi connectivity index (χ3v) is 8.91. The minimum atomic E-state index is -4.34. The Morgan fingerprint density at radius 2 is 1.86 bits per heavy atom. The molecule has 0 radical (unpaired) electrons. The summed E-state index contributed by atoms with van der Waals surface area (Å²) in [5, 5.41) is 1.89. The second kappa shape index (κ2) is 10.7. The van der Waals surface area contributed by atoms with E-state index >= 15 is 0 Å². The van der Waals surface area contributed by atoms with E-state index in [1.165, 1.54) is 53.8 Å². The molecule has 188 valence electrons. The Morgan fingerprint density at radius 1 is 1.14 bits per heavy atom. The van der Waals surface area contributed by atoms with E-state index in [-0.39, 0.29) is 45.8 Å². The van der Waals surface area contributed by atoms with Gasteiger partial charge in [-0.3, -0.25) is 9.59 Å². The van der Waals surface area contributed by atoms with Gasteiger partial charge in [-0.25, -0.2) is 18.1 Å². The number of anilines is 1. The molecule has 0 saturated carbocycles. The lowest BCUT2D eigenvalue weighted by Gasteiger charge is -2.27. The summed E-state index contributed by atoms with van der Waals surface area (Å²) in [5.74, 6) is -1.81. The lowest BCUT2D eigenvalue weighted by molar-refractivity contribution is -0.122. The van der Waals surface area contributed by atoms with Crippen LogP contribution in [0, 0.1) is 0 Å². The van der Waals surface area contributed by atoms with Gasteiger partial charge < -0.3 is 4.74 Å². The molecule has 1 aliphatic rings. The molecule has 1 atom stereocenters. The molecule has 1 fully saturated rings. The summed E-state index contributed by atoms with van der Waals surface area (Å²) in [6.07, 6.45) is -0.360. The van der Waals surface area contributed by atoms with Crippen molar-refractivity contribution in [3.63, 3.8) is 0 Å². The summed E-state index contributed by atoms with van der Waals surface area (Å²) >= 11 is 13.6. The summed E-state index contributed by atoms with van der Waals surface area (Å²) in [5.41, 5.74) is 0.476. The van der Waals surface area contributed by atoms with Crippen LogP contribution in [-0.2, 0) is 30.9 Å². The highest BCUT2D eigenvalue weighted by Crippen LogP contribution is 2.34. The van der Waals surface area contributed by atoms with Gasteiger partial charge in [0.1, 0.15) is 10.9 Å². The second-order valence-electron chi connectivity index (χ2n) is 7.76. The number of ether oxygens (including phenoxy) is 1. The fraction of sp³-hybridized carbons (Fsp3) is 0.208. The Hall–Kier alpha value is -2.76. The van der Waals surface area contributed by atoms with Gasteiger partial charge in [0.2, 0.25) is 15.9 Å². The average molecular weight is 567 g/mol. The quantitative estimate of drug-likeness (QED) is 0.288. The molecule has 36 heavy (non-hydrogen) atoms. The van der Waals surface area contributed by atoms with E-state index in [1.54, 1.807) is 24.4 Å². The molecule has 12 heteroatoms. The van der Waals surface area contributed by atoms with Gasteiger partial charge in [0.25, 0.3) is 5.91 Å². The molecule has 1 aliphatic heterocycles. The maximum atomic E-state index is 13.7. The van der Waals surface area contributed by atoms with Crippen LogP contribution in [0.5, 0.6) is 0 Å². The molecule has 0 bridgehead atoms. The van der Waals surface area contributed by atoms with Crippen molar-refractivity contribution in [2.24, 2.45) is 0 Å². The van der Waals surface area contributed by atoms with Crippen molar-refractivity contribution in [2.45, 2.75) is 30.8 Å². The monoisotopic (exact) mass is 566 g/mol. The zero-order valence-electron chi connectivity index (χ0n) is 18.9. The van der Waals surface area contributed by atoms with Crippen LogP contribution in [0.1, 0.15) is 28.6 Å². The number of esters is 1. The van der Waals surface area contributed by atoms with Crippen molar-refractivity contribution in [1.29, 1.82) is 0 Å². The predicted molar refractivity (Wildman–Crippen MR) is 137 cm³/mol. The van der Waals surface area contributed by atoms with Gasteiger partial charge in [-0.2, -0.15) is 4.31 Å². The molecule has 1 aromatic heterocycles. The van der Waals surface area contributed by atoms with E-state index in [0.717, 1.165) is 9.21 Å². The maximum absolute atomic E-state index is 13.7. The summed E-state index contributed by atoms with van der Waals surface area (Å²) in [4.78, 5) is 39.7. The average Bonchev–Trinajstić information content (AvgIpc) is 3.46. The number of halogens is 2. The number of sulfonamides is 1. The van der Waals surface area contributed by atoms with Gasteiger partial charge in [-0.1, -0.05) is 29.3 Å². The predicted octanol–water partition coefficient (Wildman–Crippen LogP) is 4.75. The van der Waals surface area contributed by atoms with Gasteiger partial charge in [-0.15, -0.1) is 11.3 Å². The molecule has 4 rings (SSSR count). The van der Waals surface area contributed by atoms with E-state index in [9.17, 15) is 22.8 Å². The van der Waals surface area contributed by atoms with E-state index in [4.69, 9.17) is 27.9 Å². The summed E-state index contributed by atoms with van der Waals surface area (Å²) in [6.45, 7) is 1.75. The Bertz CT molecular complexity index is 1410. The van der Waals surface area contributed by atoms with Crippen molar-refractivity contribution in [3.05, 3.63) is 80.5 Å². The number of rotatable bonds is 8. The largest absolute Gasteiger partial charge is 0.462 e. The summed E-state index contributed by atoms with van der Waals surface area (Å²) < 4.78 is 33.4. The molecule has 2 amide bonds. The molecule has 2 heterocycles. The third kappa shape index (κ3) is 5.18. The van der Waals surface area contributed by atoms with E-state index in [0.29, 0.717) is 4.88 Å². The second-order valence-corrected chi connectivity index (χ2v) is 11.5. The lowest BCUT2D eigenvalue weighted by Crippen LogP contribution is -2.45. The highest BCUT2D eigenvalue weighted by Gasteiger charge is 2.47. The van der Waals surface area contributed by atoms with Gasteiger partial charge in [0.15, 0.2) is 0 Å². The van der Waals surface area contributed by atoms with Crippen molar-refractivity contribution in [3.8, 4) is 0 Å². The number of amides is 2. The Kier molecular flexibility index (Phi) is 7.82. The normalized spacial score (nSPS) is 16.1. The van der Waals surface area contributed by atoms with Gasteiger partial charge in [0.05, 0.1) is 29.3 Å². The van der Waals surface area contributed by atoms with E-state index in [1.807, 2.05) is 0 Å². The van der Waals surface area contributed by atoms with Crippen LogP contribution in [0.25, 0.3) is 0 Å². The molecule has 1 unspecified atom stereocenters. The van der Waals surface area contributed by atoms with Crippen LogP contribution in [0.3, 0.4) is 0 Å². The van der Waals surface area contributed by atoms with Crippen molar-refractivity contribution in [1.82, 2.24) is 4.31 Å². The van der Waals surface area contributed by atoms with E-state index in [2.05, 4.69) is 0 Å². The highest BCUT2D eigenvalue weighted by molar-refractivity contribution is 7.89. The smallest absolute Gasteiger partial charge is 0.338 e. The number of benzene rings is 2. The van der Waals surface area contributed by atoms with Gasteiger partial charge in [0, 0.05) is 16.4 Å². The number of hydrogen-bond donors (Lipinski definition) is 0. The Labute approximate surface area is 222 Å². The molecule has 0 N–H and O–H groups in total. The lowest BCUT2D eigenvalue weighted by atomic mass is 10.2. The minimum absolute atomic E-state index is 0.0567. The maximum Gasteiger partial charge on any atom is 0.338 e. The molecule has 8 nitrogen and oxygen atoms in total. The number of hydrogen-bond acceptors (Lipinski definition) is 7. The number of carbonyl (C=O) groups excluding carboxylic acids is 3. The molecule has 0 spiro atoms. The number of nitrogens with zero attached hydrogens (tertiary/aromatic N) is 2. The van der Waals surface area contributed by atoms with Crippen LogP contribution in [0.4, 0.5) is 5.69 Å². The van der Waals surface area contributed by atoms with Gasteiger partial charge in [-0.05, 0) is 60.8 Å². The first kappa shape index (κ1) is 26.3. The zero-order chi connectivity index (χ0) is 26.0. The Balaban J connectivity index is 1.70. The SMILES string of the molecule is CCOC(=O)c1ccc(N2C(=O)CC(N(Cc3cccs3)S(=O)(=O)c3cc(Cl)ccc3Cl)C2=O)cc1.